The van der Waals surface area contributed by atoms with Crippen molar-refractivity contribution in [2.75, 3.05) is 41.0 Å². The van der Waals surface area contributed by atoms with Crippen LogP contribution in [0.2, 0.25) is 0 Å². The number of quaternary nitrogens is 1. The van der Waals surface area contributed by atoms with Crippen LogP contribution in [-0.2, 0) is 28.6 Å². The molecule has 0 aliphatic heterocycles. The molecule has 0 rings (SSSR count). The number of carbonyl (C=O) groups excluding carboxylic acids is 3. The molecule has 0 saturated heterocycles. The van der Waals surface area contributed by atoms with Crippen LogP contribution in [0.5, 0.6) is 0 Å². The van der Waals surface area contributed by atoms with Gasteiger partial charge in [-0.25, -0.2) is 0 Å². The van der Waals surface area contributed by atoms with Crippen LogP contribution in [0.15, 0.2) is 48.6 Å². The third-order valence-corrected chi connectivity index (χ3v) is 10.0. The second-order valence-electron chi connectivity index (χ2n) is 16.3. The largest absolute Gasteiger partial charge is 0.544 e. The van der Waals surface area contributed by atoms with Gasteiger partial charge in [-0.1, -0.05) is 159 Å². The summed E-state index contributed by atoms with van der Waals surface area (Å²) in [6.07, 6.45) is 45.6. The van der Waals surface area contributed by atoms with Gasteiger partial charge in [0.1, 0.15) is 12.6 Å². The molecule has 0 aromatic heterocycles. The van der Waals surface area contributed by atoms with E-state index < -0.39 is 18.1 Å². The van der Waals surface area contributed by atoms with Crippen molar-refractivity contribution < 1.29 is 38.2 Å². The van der Waals surface area contributed by atoms with E-state index in [0.29, 0.717) is 12.8 Å². The zero-order chi connectivity index (χ0) is 41.4. The van der Waals surface area contributed by atoms with Gasteiger partial charge in [-0.05, 0) is 57.8 Å². The van der Waals surface area contributed by atoms with E-state index in [1.165, 1.54) is 89.9 Å². The van der Waals surface area contributed by atoms with E-state index in [0.717, 1.165) is 64.2 Å². The highest BCUT2D eigenvalue weighted by atomic mass is 16.6. The molecular weight excluding hydrogens is 703 g/mol. The number of likely N-dealkylation sites (N-methyl/N-ethyl adjacent to an activating group) is 1. The van der Waals surface area contributed by atoms with Crippen molar-refractivity contribution in [2.45, 2.75) is 199 Å². The number of allylic oxidation sites excluding steroid dienone is 8. The van der Waals surface area contributed by atoms with E-state index in [-0.39, 0.29) is 42.7 Å². The lowest BCUT2D eigenvalue weighted by molar-refractivity contribution is -0.889. The van der Waals surface area contributed by atoms with Crippen LogP contribution in [-0.4, -0.2) is 75.5 Å². The Bertz CT molecular complexity index is 1060. The predicted octanol–water partition coefficient (Wildman–Crippen LogP) is 11.1. The Morgan fingerprint density at radius 1 is 0.554 bits per heavy atom. The third-order valence-electron chi connectivity index (χ3n) is 10.0. The fourth-order valence-electron chi connectivity index (χ4n) is 6.48. The Labute approximate surface area is 344 Å². The van der Waals surface area contributed by atoms with Crippen LogP contribution in [0.25, 0.3) is 0 Å². The average molecular weight is 788 g/mol. The lowest BCUT2D eigenvalue weighted by atomic mass is 10.1. The Hall–Kier alpha value is -2.71. The van der Waals surface area contributed by atoms with Crippen molar-refractivity contribution in [3.63, 3.8) is 0 Å². The van der Waals surface area contributed by atoms with Crippen molar-refractivity contribution in [3.05, 3.63) is 48.6 Å². The van der Waals surface area contributed by atoms with Crippen molar-refractivity contribution in [3.8, 4) is 0 Å². The van der Waals surface area contributed by atoms with Gasteiger partial charge in [0.15, 0.2) is 6.10 Å². The van der Waals surface area contributed by atoms with Gasteiger partial charge in [-0.15, -0.1) is 0 Å². The summed E-state index contributed by atoms with van der Waals surface area (Å²) in [5.74, 6) is -1.77. The summed E-state index contributed by atoms with van der Waals surface area (Å²) in [4.78, 5) is 36.8. The van der Waals surface area contributed by atoms with Gasteiger partial charge in [-0.3, -0.25) is 9.59 Å². The van der Waals surface area contributed by atoms with Gasteiger partial charge in [0, 0.05) is 19.3 Å². The summed E-state index contributed by atoms with van der Waals surface area (Å²) in [5, 5.41) is 11.6. The molecule has 0 aliphatic carbocycles. The predicted molar refractivity (Wildman–Crippen MR) is 231 cm³/mol. The molecule has 0 aromatic carbocycles. The molecule has 0 N–H and O–H groups in total. The maximum Gasteiger partial charge on any atom is 0.306 e. The molecule has 0 radical (unpaired) electrons. The first-order valence-corrected chi connectivity index (χ1v) is 22.7. The van der Waals surface area contributed by atoms with E-state index in [1.54, 1.807) is 21.1 Å². The van der Waals surface area contributed by atoms with Crippen LogP contribution >= 0.6 is 0 Å². The van der Waals surface area contributed by atoms with Crippen LogP contribution < -0.4 is 5.11 Å². The minimum Gasteiger partial charge on any atom is -0.544 e. The molecule has 56 heavy (non-hydrogen) atoms. The molecule has 0 saturated carbocycles. The van der Waals surface area contributed by atoms with Crippen LogP contribution in [0.3, 0.4) is 0 Å². The topological polar surface area (TPSA) is 102 Å². The number of hydrogen-bond donors (Lipinski definition) is 0. The summed E-state index contributed by atoms with van der Waals surface area (Å²) in [7, 11) is 5.40. The smallest absolute Gasteiger partial charge is 0.306 e. The lowest BCUT2D eigenvalue weighted by Gasteiger charge is -2.34. The highest BCUT2D eigenvalue weighted by Gasteiger charge is 2.25. The average Bonchev–Trinajstić information content (AvgIpc) is 3.15. The molecule has 0 bridgehead atoms. The Morgan fingerprint density at radius 3 is 1.52 bits per heavy atom. The van der Waals surface area contributed by atoms with Gasteiger partial charge >= 0.3 is 11.9 Å². The number of esters is 2. The summed E-state index contributed by atoms with van der Waals surface area (Å²) in [5.41, 5.74) is 0. The number of aliphatic carboxylic acids is 1. The fraction of sp³-hybridized carbons (Fsp3) is 0.771. The molecule has 8 heteroatoms. The monoisotopic (exact) mass is 788 g/mol. The number of carbonyl (C=O) groups is 3. The number of carboxylic acids is 1. The van der Waals surface area contributed by atoms with Crippen LogP contribution in [0.4, 0.5) is 0 Å². The van der Waals surface area contributed by atoms with E-state index in [1.807, 2.05) is 6.08 Å². The maximum absolute atomic E-state index is 12.7. The van der Waals surface area contributed by atoms with E-state index in [2.05, 4.69) is 56.4 Å². The standard InChI is InChI=1S/C48H85NO7/c1-6-8-10-12-14-16-18-20-21-22-23-24-25-27-29-31-33-35-37-39-47(51)56-44(42-54-41-40-45(48(52)53)49(3,4)5)43-55-46(50)38-36-34-32-30-28-26-19-17-15-13-11-9-7-2/h9,11,13,15,17,19,22-23,44-45H,6-8,10,12,14,16,18,20-21,24-43H2,1-5H3/b11-9+,15-13+,19-17+,23-22+. The minimum absolute atomic E-state index is 0.0317. The second kappa shape index (κ2) is 39.1. The highest BCUT2D eigenvalue weighted by molar-refractivity contribution is 5.70. The number of unbranched alkanes of at least 4 members (excludes halogenated alkanes) is 20. The summed E-state index contributed by atoms with van der Waals surface area (Å²) < 4.78 is 17.1. The lowest BCUT2D eigenvalue weighted by Crippen LogP contribution is -2.55. The molecule has 0 amide bonds. The zero-order valence-corrected chi connectivity index (χ0v) is 36.8. The first-order chi connectivity index (χ1) is 27.1. The van der Waals surface area contributed by atoms with E-state index in [9.17, 15) is 19.5 Å². The summed E-state index contributed by atoms with van der Waals surface area (Å²) >= 11 is 0. The molecule has 8 nitrogen and oxygen atoms in total. The van der Waals surface area contributed by atoms with Gasteiger partial charge in [0.2, 0.25) is 0 Å². The highest BCUT2D eigenvalue weighted by Crippen LogP contribution is 2.14. The molecule has 0 aromatic rings. The first kappa shape index (κ1) is 53.3. The van der Waals surface area contributed by atoms with Crippen molar-refractivity contribution >= 4 is 17.9 Å². The van der Waals surface area contributed by atoms with Gasteiger partial charge in [0.25, 0.3) is 0 Å². The summed E-state index contributed by atoms with van der Waals surface area (Å²) in [6.45, 7) is 4.50. The van der Waals surface area contributed by atoms with E-state index >= 15 is 0 Å². The fourth-order valence-corrected chi connectivity index (χ4v) is 6.48. The van der Waals surface area contributed by atoms with E-state index in [4.69, 9.17) is 14.2 Å². The maximum atomic E-state index is 12.7. The number of hydrogen-bond acceptors (Lipinski definition) is 7. The minimum atomic E-state index is -1.13. The molecule has 0 heterocycles. The van der Waals surface area contributed by atoms with Crippen molar-refractivity contribution in [1.82, 2.24) is 0 Å². The molecule has 2 atom stereocenters. The number of ether oxygens (including phenoxy) is 3. The molecule has 0 spiro atoms. The van der Waals surface area contributed by atoms with Crippen molar-refractivity contribution in [2.24, 2.45) is 0 Å². The van der Waals surface area contributed by atoms with Gasteiger partial charge < -0.3 is 28.6 Å². The normalized spacial score (nSPS) is 13.4. The van der Waals surface area contributed by atoms with Gasteiger partial charge in [0.05, 0.1) is 40.3 Å². The molecule has 0 fully saturated rings. The Morgan fingerprint density at radius 2 is 1.02 bits per heavy atom. The third kappa shape index (κ3) is 36.9. The second-order valence-corrected chi connectivity index (χ2v) is 16.3. The zero-order valence-electron chi connectivity index (χ0n) is 36.8. The number of rotatable bonds is 40. The van der Waals surface area contributed by atoms with Gasteiger partial charge in [-0.2, -0.15) is 0 Å². The molecule has 2 unspecified atom stereocenters. The van der Waals surface area contributed by atoms with Crippen LogP contribution in [0.1, 0.15) is 187 Å². The Kier molecular flexibility index (Phi) is 37.2. The number of nitrogens with zero attached hydrogens (tertiary/aromatic N) is 1. The quantitative estimate of drug-likeness (QED) is 0.0200. The summed E-state index contributed by atoms with van der Waals surface area (Å²) in [6, 6.07) is -0.730. The SMILES string of the molecule is CC/C=C/C=C/C=C/CCCCCCCC(=O)OCC(COCCC(C(=O)[O-])[N+](C)(C)C)OC(=O)CCCCCCCCC/C=C/CCCCCCCCCC. The van der Waals surface area contributed by atoms with Crippen LogP contribution in [0, 0.1) is 0 Å². The first-order valence-electron chi connectivity index (χ1n) is 22.7. The molecule has 0 aliphatic rings. The van der Waals surface area contributed by atoms with Crippen molar-refractivity contribution in [1.29, 1.82) is 0 Å². The Balaban J connectivity index is 4.33. The molecular formula is C48H85NO7. The number of carboxylic acid groups (broad SMARTS) is 1. The molecule has 324 valence electrons.